The van der Waals surface area contributed by atoms with Crippen LogP contribution in [0, 0.1) is 0 Å². The van der Waals surface area contributed by atoms with Crippen LogP contribution in [0.2, 0.25) is 0 Å². The minimum absolute atomic E-state index is 0.0136. The molecular formula is C16H22F3NO4S. The van der Waals surface area contributed by atoms with Gasteiger partial charge in [0.1, 0.15) is 21.9 Å². The number of benzene rings is 1. The minimum atomic E-state index is -4.65. The van der Waals surface area contributed by atoms with Crippen molar-refractivity contribution in [2.24, 2.45) is 0 Å². The number of alkyl halides is 3. The SMILES string of the molecule is CCC[C@]1(C(F)(F)F)CCCN1S(=O)(=O)c1cc(OC)ccc1OC. The molecule has 0 radical (unpaired) electrons. The van der Waals surface area contributed by atoms with Crippen molar-refractivity contribution in [1.82, 2.24) is 4.31 Å². The Kier molecular flexibility index (Phi) is 5.58. The molecule has 1 aliphatic rings. The molecule has 25 heavy (non-hydrogen) atoms. The summed E-state index contributed by atoms with van der Waals surface area (Å²) in [5.74, 6) is 0.215. The highest BCUT2D eigenvalue weighted by Crippen LogP contribution is 2.49. The third-order valence-corrected chi connectivity index (χ3v) is 6.55. The largest absolute Gasteiger partial charge is 0.497 e. The van der Waals surface area contributed by atoms with Gasteiger partial charge in [0.15, 0.2) is 0 Å². The zero-order valence-corrected chi connectivity index (χ0v) is 15.2. The van der Waals surface area contributed by atoms with Gasteiger partial charge in [-0.1, -0.05) is 13.3 Å². The van der Waals surface area contributed by atoms with Crippen LogP contribution < -0.4 is 9.47 Å². The lowest BCUT2D eigenvalue weighted by molar-refractivity contribution is -0.212. The first kappa shape index (κ1) is 19.8. The molecule has 2 rings (SSSR count). The van der Waals surface area contributed by atoms with E-state index in [1.54, 1.807) is 6.92 Å². The highest BCUT2D eigenvalue weighted by molar-refractivity contribution is 7.89. The van der Waals surface area contributed by atoms with Gasteiger partial charge in [-0.2, -0.15) is 17.5 Å². The summed E-state index contributed by atoms with van der Waals surface area (Å²) in [5.41, 5.74) is -2.38. The Morgan fingerprint density at radius 3 is 2.44 bits per heavy atom. The second-order valence-electron chi connectivity index (χ2n) is 5.98. The van der Waals surface area contributed by atoms with Gasteiger partial charge in [0, 0.05) is 12.6 Å². The van der Waals surface area contributed by atoms with E-state index < -0.39 is 21.7 Å². The van der Waals surface area contributed by atoms with Crippen LogP contribution in [0.5, 0.6) is 11.5 Å². The summed E-state index contributed by atoms with van der Waals surface area (Å²) in [6.07, 6.45) is -4.79. The third kappa shape index (κ3) is 3.31. The van der Waals surface area contributed by atoms with Crippen LogP contribution >= 0.6 is 0 Å². The maximum Gasteiger partial charge on any atom is 0.407 e. The first-order valence-electron chi connectivity index (χ1n) is 7.95. The van der Waals surface area contributed by atoms with Crippen molar-refractivity contribution in [2.75, 3.05) is 20.8 Å². The number of rotatable bonds is 6. The van der Waals surface area contributed by atoms with Gasteiger partial charge in [-0.15, -0.1) is 0 Å². The zero-order valence-electron chi connectivity index (χ0n) is 14.4. The molecule has 9 heteroatoms. The van der Waals surface area contributed by atoms with Crippen LogP contribution in [0.3, 0.4) is 0 Å². The second kappa shape index (κ2) is 7.03. The number of hydrogen-bond donors (Lipinski definition) is 0. The Balaban J connectivity index is 2.62. The molecule has 5 nitrogen and oxygen atoms in total. The van der Waals surface area contributed by atoms with E-state index >= 15 is 0 Å². The van der Waals surface area contributed by atoms with Gasteiger partial charge >= 0.3 is 6.18 Å². The summed E-state index contributed by atoms with van der Waals surface area (Å²) in [7, 11) is -1.79. The van der Waals surface area contributed by atoms with Crippen molar-refractivity contribution in [1.29, 1.82) is 0 Å². The molecule has 142 valence electrons. The van der Waals surface area contributed by atoms with Crippen LogP contribution in [0.4, 0.5) is 13.2 Å². The van der Waals surface area contributed by atoms with Gasteiger partial charge in [0.05, 0.1) is 14.2 Å². The van der Waals surface area contributed by atoms with Crippen molar-refractivity contribution in [3.8, 4) is 11.5 Å². The summed E-state index contributed by atoms with van der Waals surface area (Å²) >= 11 is 0. The van der Waals surface area contributed by atoms with Gasteiger partial charge in [0.25, 0.3) is 0 Å². The zero-order chi connectivity index (χ0) is 18.9. The molecule has 0 aromatic heterocycles. The maximum absolute atomic E-state index is 13.9. The highest BCUT2D eigenvalue weighted by Gasteiger charge is 2.63. The molecule has 1 fully saturated rings. The normalized spacial score (nSPS) is 22.2. The first-order chi connectivity index (χ1) is 11.6. The van der Waals surface area contributed by atoms with Gasteiger partial charge in [-0.25, -0.2) is 8.42 Å². The Morgan fingerprint density at radius 2 is 1.92 bits per heavy atom. The van der Waals surface area contributed by atoms with Crippen molar-refractivity contribution >= 4 is 10.0 Å². The average molecular weight is 381 g/mol. The molecule has 0 spiro atoms. The van der Waals surface area contributed by atoms with Gasteiger partial charge in [-0.3, -0.25) is 0 Å². The second-order valence-corrected chi connectivity index (χ2v) is 7.81. The minimum Gasteiger partial charge on any atom is -0.497 e. The van der Waals surface area contributed by atoms with Gasteiger partial charge in [-0.05, 0) is 31.4 Å². The summed E-state index contributed by atoms with van der Waals surface area (Å²) in [6.45, 7) is 1.44. The molecule has 0 unspecified atom stereocenters. The number of sulfonamides is 1. The van der Waals surface area contributed by atoms with Crippen LogP contribution in [0.1, 0.15) is 32.6 Å². The van der Waals surface area contributed by atoms with E-state index in [1.165, 1.54) is 32.4 Å². The Hall–Kier alpha value is -1.48. The lowest BCUT2D eigenvalue weighted by atomic mass is 9.91. The summed E-state index contributed by atoms with van der Waals surface area (Å²) in [5, 5.41) is 0. The fourth-order valence-electron chi connectivity index (χ4n) is 3.40. The van der Waals surface area contributed by atoms with E-state index in [0.717, 1.165) is 0 Å². The molecule has 1 aromatic carbocycles. The summed E-state index contributed by atoms with van der Waals surface area (Å²) in [6, 6.07) is 4.06. The molecule has 1 saturated heterocycles. The smallest absolute Gasteiger partial charge is 0.407 e. The van der Waals surface area contributed by atoms with Gasteiger partial charge in [0.2, 0.25) is 10.0 Å². The number of ether oxygens (including phenoxy) is 2. The Morgan fingerprint density at radius 1 is 1.24 bits per heavy atom. The molecule has 0 N–H and O–H groups in total. The van der Waals surface area contributed by atoms with Crippen molar-refractivity contribution in [3.63, 3.8) is 0 Å². The summed E-state index contributed by atoms with van der Waals surface area (Å²) in [4.78, 5) is -0.319. The van der Waals surface area contributed by atoms with E-state index in [2.05, 4.69) is 0 Å². The highest BCUT2D eigenvalue weighted by atomic mass is 32.2. The van der Waals surface area contributed by atoms with E-state index in [9.17, 15) is 21.6 Å². The topological polar surface area (TPSA) is 55.8 Å². The molecule has 1 aliphatic heterocycles. The quantitative estimate of drug-likeness (QED) is 0.756. The van der Waals surface area contributed by atoms with Crippen LogP contribution in [-0.4, -0.2) is 45.2 Å². The predicted octanol–water partition coefficient (Wildman–Crippen LogP) is 3.59. The molecule has 0 bridgehead atoms. The van der Waals surface area contributed by atoms with Crippen molar-refractivity contribution in [3.05, 3.63) is 18.2 Å². The average Bonchev–Trinajstić information content (AvgIpc) is 3.00. The van der Waals surface area contributed by atoms with Gasteiger partial charge < -0.3 is 9.47 Å². The fourth-order valence-corrected chi connectivity index (χ4v) is 5.42. The number of nitrogens with zero attached hydrogens (tertiary/aromatic N) is 1. The van der Waals surface area contributed by atoms with Crippen molar-refractivity contribution < 1.29 is 31.1 Å². The number of methoxy groups -OCH3 is 2. The molecule has 1 atom stereocenters. The van der Waals surface area contributed by atoms with Crippen molar-refractivity contribution in [2.45, 2.75) is 49.2 Å². The van der Waals surface area contributed by atoms with Crippen LogP contribution in [-0.2, 0) is 10.0 Å². The number of hydrogen-bond acceptors (Lipinski definition) is 4. The summed E-state index contributed by atoms with van der Waals surface area (Å²) < 4.78 is 78.5. The Bertz CT molecular complexity index is 721. The standard InChI is InChI=1S/C16H22F3NO4S/c1-4-8-15(16(17,18)19)9-5-10-20(15)25(21,22)14-11-12(23-2)6-7-13(14)24-3/h6-7,11H,4-5,8-10H2,1-3H3/t15-/m1/s1. The number of halogens is 3. The van der Waals surface area contributed by atoms with Crippen LogP contribution in [0.25, 0.3) is 0 Å². The fraction of sp³-hybridized carbons (Fsp3) is 0.625. The van der Waals surface area contributed by atoms with E-state index in [0.29, 0.717) is 4.31 Å². The van der Waals surface area contributed by atoms with E-state index in [4.69, 9.17) is 9.47 Å². The predicted molar refractivity (Wildman–Crippen MR) is 86.4 cm³/mol. The maximum atomic E-state index is 13.9. The molecule has 1 aromatic rings. The third-order valence-electron chi connectivity index (χ3n) is 4.56. The lowest BCUT2D eigenvalue weighted by Crippen LogP contribution is -2.57. The van der Waals surface area contributed by atoms with E-state index in [1.807, 2.05) is 0 Å². The molecule has 1 heterocycles. The molecule has 0 saturated carbocycles. The van der Waals surface area contributed by atoms with Crippen LogP contribution in [0.15, 0.2) is 23.1 Å². The monoisotopic (exact) mass is 381 g/mol. The lowest BCUT2D eigenvalue weighted by Gasteiger charge is -2.39. The molecule has 0 aliphatic carbocycles. The van der Waals surface area contributed by atoms with E-state index in [-0.39, 0.29) is 48.6 Å². The Labute approximate surface area is 145 Å². The molecular weight excluding hydrogens is 359 g/mol. The molecule has 0 amide bonds. The first-order valence-corrected chi connectivity index (χ1v) is 9.39.